The van der Waals surface area contributed by atoms with Gasteiger partial charge in [-0.2, -0.15) is 0 Å². The van der Waals surface area contributed by atoms with E-state index in [1.807, 2.05) is 13.1 Å². The minimum atomic E-state index is 0. The maximum atomic E-state index is 5.67. The van der Waals surface area contributed by atoms with Gasteiger partial charge in [-0.05, 0) is 37.0 Å². The number of guanidine groups is 1. The molecule has 3 aliphatic rings. The molecule has 3 heterocycles. The summed E-state index contributed by atoms with van der Waals surface area (Å²) in [5, 5.41) is 3.66. The van der Waals surface area contributed by atoms with Crippen molar-refractivity contribution >= 4 is 29.9 Å². The topological polar surface area (TPSA) is 64.6 Å². The highest BCUT2D eigenvalue weighted by Crippen LogP contribution is 2.40. The molecule has 0 aliphatic carbocycles. The van der Waals surface area contributed by atoms with Crippen LogP contribution in [-0.4, -0.2) is 71.3 Å². The minimum Gasteiger partial charge on any atom is -0.454 e. The zero-order chi connectivity index (χ0) is 19.4. The van der Waals surface area contributed by atoms with Crippen LogP contribution in [-0.2, 0) is 14.9 Å². The van der Waals surface area contributed by atoms with E-state index in [9.17, 15) is 0 Å². The fourth-order valence-corrected chi connectivity index (χ4v) is 4.53. The highest BCUT2D eigenvalue weighted by Gasteiger charge is 2.36. The Kier molecular flexibility index (Phi) is 7.86. The molecule has 3 aliphatic heterocycles. The first kappa shape index (κ1) is 22.4. The van der Waals surface area contributed by atoms with Crippen molar-refractivity contribution in [1.29, 1.82) is 0 Å². The average Bonchev–Trinajstić information content (AvgIpc) is 3.38. The van der Waals surface area contributed by atoms with Crippen molar-refractivity contribution in [3.63, 3.8) is 0 Å². The van der Waals surface area contributed by atoms with Crippen molar-refractivity contribution in [3.05, 3.63) is 23.8 Å². The van der Waals surface area contributed by atoms with Crippen molar-refractivity contribution in [3.8, 4) is 11.5 Å². The van der Waals surface area contributed by atoms with Gasteiger partial charge in [-0.15, -0.1) is 24.0 Å². The zero-order valence-corrected chi connectivity index (χ0v) is 19.6. The molecule has 0 radical (unpaired) electrons. The van der Waals surface area contributed by atoms with Crippen LogP contribution in [0.25, 0.3) is 0 Å². The lowest BCUT2D eigenvalue weighted by Crippen LogP contribution is -2.49. The summed E-state index contributed by atoms with van der Waals surface area (Å²) in [6.45, 7) is 5.50. The number of likely N-dealkylation sites (tertiary alicyclic amines) is 1. The van der Waals surface area contributed by atoms with E-state index in [2.05, 4.69) is 27.3 Å². The number of methoxy groups -OCH3 is 1. The molecule has 162 valence electrons. The van der Waals surface area contributed by atoms with E-state index in [0.29, 0.717) is 12.7 Å². The first-order valence-corrected chi connectivity index (χ1v) is 10.2. The molecule has 0 amide bonds. The molecule has 0 saturated carbocycles. The number of ether oxygens (including phenoxy) is 4. The summed E-state index contributed by atoms with van der Waals surface area (Å²) in [4.78, 5) is 6.89. The van der Waals surface area contributed by atoms with E-state index >= 15 is 0 Å². The summed E-state index contributed by atoms with van der Waals surface area (Å²) < 4.78 is 22.1. The Labute approximate surface area is 190 Å². The van der Waals surface area contributed by atoms with Gasteiger partial charge in [-0.1, -0.05) is 6.07 Å². The third-order valence-corrected chi connectivity index (χ3v) is 6.22. The van der Waals surface area contributed by atoms with Crippen LogP contribution in [0.5, 0.6) is 11.5 Å². The van der Waals surface area contributed by atoms with Crippen LogP contribution in [0.4, 0.5) is 0 Å². The van der Waals surface area contributed by atoms with Gasteiger partial charge in [0.2, 0.25) is 6.79 Å². The van der Waals surface area contributed by atoms with Crippen molar-refractivity contribution in [2.45, 2.75) is 24.7 Å². The molecule has 1 aromatic carbocycles. The van der Waals surface area contributed by atoms with E-state index in [4.69, 9.17) is 18.9 Å². The lowest BCUT2D eigenvalue weighted by Gasteiger charge is -2.39. The largest absolute Gasteiger partial charge is 0.454 e. The second kappa shape index (κ2) is 10.2. The molecule has 29 heavy (non-hydrogen) atoms. The molecule has 0 aromatic heterocycles. The van der Waals surface area contributed by atoms with Gasteiger partial charge in [-0.3, -0.25) is 4.99 Å². The zero-order valence-electron chi connectivity index (χ0n) is 17.3. The van der Waals surface area contributed by atoms with Crippen LogP contribution in [0.15, 0.2) is 23.2 Å². The quantitative estimate of drug-likeness (QED) is 0.368. The summed E-state index contributed by atoms with van der Waals surface area (Å²) in [6, 6.07) is 6.34. The van der Waals surface area contributed by atoms with Gasteiger partial charge in [0.15, 0.2) is 17.5 Å². The number of hydrogen-bond acceptors (Lipinski definition) is 5. The standard InChI is InChI=1S/C21H31N3O4.HI/c1-22-20(24-8-5-16(12-24)13-25-2)23-14-21(6-9-26-10-7-21)17-3-4-18-19(11-17)28-15-27-18;/h3-4,11,16H,5-10,12-15H2,1-2H3,(H,22,23);1H. The van der Waals surface area contributed by atoms with Gasteiger partial charge in [-0.25, -0.2) is 0 Å². The smallest absolute Gasteiger partial charge is 0.231 e. The fraction of sp³-hybridized carbons (Fsp3) is 0.667. The number of hydrogen-bond donors (Lipinski definition) is 1. The van der Waals surface area contributed by atoms with Crippen LogP contribution in [0, 0.1) is 5.92 Å². The van der Waals surface area contributed by atoms with E-state index in [1.54, 1.807) is 7.11 Å². The predicted octanol–water partition coefficient (Wildman–Crippen LogP) is 2.63. The Balaban J connectivity index is 0.00000240. The molecule has 8 heteroatoms. The molecule has 1 atom stereocenters. The Bertz CT molecular complexity index is 709. The maximum Gasteiger partial charge on any atom is 0.231 e. The molecule has 7 nitrogen and oxygen atoms in total. The molecule has 1 aromatic rings. The number of benzene rings is 1. The second-order valence-electron chi connectivity index (χ2n) is 7.92. The fourth-order valence-electron chi connectivity index (χ4n) is 4.53. The number of halogens is 1. The SMILES string of the molecule is CN=C(NCC1(c2ccc3c(c2)OCO3)CCOCC1)N1CCC(COC)C1.I. The molecular weight excluding hydrogens is 485 g/mol. The molecule has 1 N–H and O–H groups in total. The first-order chi connectivity index (χ1) is 13.7. The highest BCUT2D eigenvalue weighted by atomic mass is 127. The number of rotatable bonds is 5. The first-order valence-electron chi connectivity index (χ1n) is 10.2. The van der Waals surface area contributed by atoms with E-state index in [0.717, 1.165) is 76.2 Å². The average molecular weight is 517 g/mol. The summed E-state index contributed by atoms with van der Waals surface area (Å²) in [7, 11) is 3.64. The minimum absolute atomic E-state index is 0. The van der Waals surface area contributed by atoms with Gasteiger partial charge >= 0.3 is 0 Å². The second-order valence-corrected chi connectivity index (χ2v) is 7.92. The van der Waals surface area contributed by atoms with Crippen molar-refractivity contribution in [2.75, 3.05) is 60.4 Å². The molecule has 1 unspecified atom stereocenters. The molecule has 4 rings (SSSR count). The Morgan fingerprint density at radius 2 is 2.07 bits per heavy atom. The monoisotopic (exact) mass is 517 g/mol. The number of aliphatic imine (C=N–C) groups is 1. The number of nitrogens with one attached hydrogen (secondary N) is 1. The lowest BCUT2D eigenvalue weighted by atomic mass is 9.74. The normalized spacial score (nSPS) is 23.0. The van der Waals surface area contributed by atoms with Gasteiger partial charge in [0, 0.05) is 58.3 Å². The van der Waals surface area contributed by atoms with Crippen molar-refractivity contribution in [2.24, 2.45) is 10.9 Å². The predicted molar refractivity (Wildman–Crippen MR) is 123 cm³/mol. The van der Waals surface area contributed by atoms with E-state index in [-0.39, 0.29) is 29.4 Å². The summed E-state index contributed by atoms with van der Waals surface area (Å²) in [5.41, 5.74) is 1.28. The van der Waals surface area contributed by atoms with Crippen LogP contribution < -0.4 is 14.8 Å². The lowest BCUT2D eigenvalue weighted by molar-refractivity contribution is 0.0511. The number of nitrogens with zero attached hydrogens (tertiary/aromatic N) is 2. The van der Waals surface area contributed by atoms with E-state index in [1.165, 1.54) is 5.56 Å². The van der Waals surface area contributed by atoms with Crippen LogP contribution in [0.3, 0.4) is 0 Å². The molecule has 0 spiro atoms. The molecular formula is C21H32IN3O4. The molecule has 0 bridgehead atoms. The third-order valence-electron chi connectivity index (χ3n) is 6.22. The third kappa shape index (κ3) is 4.91. The number of fused-ring (bicyclic) bond motifs is 1. The van der Waals surface area contributed by atoms with Gasteiger partial charge in [0.05, 0.1) is 6.61 Å². The Morgan fingerprint density at radius 1 is 1.28 bits per heavy atom. The van der Waals surface area contributed by atoms with Gasteiger partial charge in [0.1, 0.15) is 0 Å². The molecule has 2 saturated heterocycles. The summed E-state index contributed by atoms with van der Waals surface area (Å²) in [5.74, 6) is 3.23. The van der Waals surface area contributed by atoms with Crippen LogP contribution >= 0.6 is 24.0 Å². The summed E-state index contributed by atoms with van der Waals surface area (Å²) in [6.07, 6.45) is 3.10. The van der Waals surface area contributed by atoms with Crippen molar-refractivity contribution < 1.29 is 18.9 Å². The van der Waals surface area contributed by atoms with Gasteiger partial charge < -0.3 is 29.2 Å². The van der Waals surface area contributed by atoms with Crippen LogP contribution in [0.1, 0.15) is 24.8 Å². The van der Waals surface area contributed by atoms with Gasteiger partial charge in [0.25, 0.3) is 0 Å². The molecule has 2 fully saturated rings. The maximum absolute atomic E-state index is 5.67. The van der Waals surface area contributed by atoms with E-state index < -0.39 is 0 Å². The Hall–Kier alpha value is -1.26. The Morgan fingerprint density at radius 3 is 2.83 bits per heavy atom. The van der Waals surface area contributed by atoms with Crippen molar-refractivity contribution in [1.82, 2.24) is 10.2 Å². The highest BCUT2D eigenvalue weighted by molar-refractivity contribution is 14.0. The summed E-state index contributed by atoms with van der Waals surface area (Å²) >= 11 is 0. The van der Waals surface area contributed by atoms with Crippen LogP contribution in [0.2, 0.25) is 0 Å².